The van der Waals surface area contributed by atoms with E-state index < -0.39 is 15.7 Å². The lowest BCUT2D eigenvalue weighted by molar-refractivity contribution is 0.0797. The molecule has 0 N–H and O–H groups in total. The maximum Gasteiger partial charge on any atom is 0.273 e. The zero-order valence-electron chi connectivity index (χ0n) is 9.42. The Kier molecular flexibility index (Phi) is 4.41. The zero-order chi connectivity index (χ0) is 13.1. The Bertz CT molecular complexity index is 518. The number of aromatic nitrogens is 2. The predicted molar refractivity (Wildman–Crippen MR) is 63.7 cm³/mol. The summed E-state index contributed by atoms with van der Waals surface area (Å²) in [6.45, 7) is 0.103. The van der Waals surface area contributed by atoms with Crippen molar-refractivity contribution in [2.24, 2.45) is 0 Å². The van der Waals surface area contributed by atoms with Crippen molar-refractivity contribution in [3.8, 4) is 0 Å². The second-order valence-electron chi connectivity index (χ2n) is 3.58. The second-order valence-corrected chi connectivity index (χ2v) is 6.23. The van der Waals surface area contributed by atoms with Gasteiger partial charge in [0.15, 0.2) is 0 Å². The topological polar surface area (TPSA) is 80.2 Å². The Morgan fingerprint density at radius 2 is 2.12 bits per heavy atom. The molecule has 6 nitrogen and oxygen atoms in total. The van der Waals surface area contributed by atoms with Gasteiger partial charge in [-0.05, 0) is 0 Å². The van der Waals surface area contributed by atoms with Gasteiger partial charge in [-0.2, -0.15) is 0 Å². The van der Waals surface area contributed by atoms with Crippen LogP contribution in [0.3, 0.4) is 0 Å². The molecule has 0 bridgehead atoms. The van der Waals surface area contributed by atoms with Crippen molar-refractivity contribution in [1.82, 2.24) is 14.9 Å². The molecule has 0 aliphatic carbocycles. The zero-order valence-corrected chi connectivity index (χ0v) is 11.0. The number of hydrogen-bond donors (Lipinski definition) is 0. The normalized spacial score (nSPS) is 11.2. The molecular formula is C9H12ClN3O3S. The Balaban J connectivity index is 2.70. The number of carbonyl (C=O) groups is 1. The highest BCUT2D eigenvalue weighted by atomic mass is 35.5. The van der Waals surface area contributed by atoms with Gasteiger partial charge in [0.1, 0.15) is 20.7 Å². The third-order valence-corrected chi connectivity index (χ3v) is 3.07. The summed E-state index contributed by atoms with van der Waals surface area (Å²) in [5.74, 6) is -0.507. The van der Waals surface area contributed by atoms with E-state index in [-0.39, 0.29) is 23.1 Å². The largest absolute Gasteiger partial charge is 0.339 e. The molecule has 8 heteroatoms. The lowest BCUT2D eigenvalue weighted by atomic mass is 10.4. The Morgan fingerprint density at radius 3 is 2.65 bits per heavy atom. The van der Waals surface area contributed by atoms with Crippen LogP contribution in [0, 0.1) is 0 Å². The van der Waals surface area contributed by atoms with Gasteiger partial charge >= 0.3 is 0 Å². The van der Waals surface area contributed by atoms with Gasteiger partial charge < -0.3 is 4.90 Å². The highest BCUT2D eigenvalue weighted by Gasteiger charge is 2.15. The first-order valence-electron chi connectivity index (χ1n) is 4.70. The molecule has 1 amide bonds. The van der Waals surface area contributed by atoms with E-state index in [0.717, 1.165) is 6.26 Å². The van der Waals surface area contributed by atoms with E-state index in [1.165, 1.54) is 24.3 Å². The minimum absolute atomic E-state index is 0.0912. The summed E-state index contributed by atoms with van der Waals surface area (Å²) in [7, 11) is -1.60. The first-order valence-corrected chi connectivity index (χ1v) is 7.14. The van der Waals surface area contributed by atoms with Crippen molar-refractivity contribution in [2.45, 2.75) is 0 Å². The molecule has 0 saturated carbocycles. The molecule has 1 aromatic heterocycles. The van der Waals surface area contributed by atoms with Crippen LogP contribution in [0.2, 0.25) is 5.15 Å². The van der Waals surface area contributed by atoms with Gasteiger partial charge in [0, 0.05) is 19.8 Å². The van der Waals surface area contributed by atoms with Crippen molar-refractivity contribution >= 4 is 27.3 Å². The molecule has 0 atom stereocenters. The van der Waals surface area contributed by atoms with Crippen LogP contribution in [0.4, 0.5) is 0 Å². The minimum Gasteiger partial charge on any atom is -0.339 e. The highest BCUT2D eigenvalue weighted by Crippen LogP contribution is 2.04. The second kappa shape index (κ2) is 5.42. The molecular weight excluding hydrogens is 266 g/mol. The molecule has 1 aromatic rings. The molecule has 0 unspecified atom stereocenters. The average Bonchev–Trinajstić information content (AvgIpc) is 2.24. The van der Waals surface area contributed by atoms with E-state index in [2.05, 4.69) is 9.97 Å². The summed E-state index contributed by atoms with van der Waals surface area (Å²) in [5.41, 5.74) is 0.0912. The minimum atomic E-state index is -3.10. The molecule has 1 heterocycles. The number of nitrogens with zero attached hydrogens (tertiary/aromatic N) is 3. The number of amides is 1. The Morgan fingerprint density at radius 1 is 1.47 bits per heavy atom. The lowest BCUT2D eigenvalue weighted by Crippen LogP contribution is -2.32. The molecule has 0 radical (unpaired) electrons. The predicted octanol–water partition coefficient (Wildman–Crippen LogP) is 0.247. The maximum absolute atomic E-state index is 11.8. The Hall–Kier alpha value is -1.21. The smallest absolute Gasteiger partial charge is 0.273 e. The summed E-state index contributed by atoms with van der Waals surface area (Å²) >= 11 is 5.60. The highest BCUT2D eigenvalue weighted by molar-refractivity contribution is 7.90. The van der Waals surface area contributed by atoms with E-state index in [4.69, 9.17) is 11.6 Å². The molecule has 0 aromatic carbocycles. The summed E-state index contributed by atoms with van der Waals surface area (Å²) in [6.07, 6.45) is 3.71. The number of hydrogen-bond acceptors (Lipinski definition) is 5. The van der Waals surface area contributed by atoms with Crippen LogP contribution in [0.1, 0.15) is 10.5 Å². The summed E-state index contributed by atoms with van der Waals surface area (Å²) in [5, 5.41) is 0.118. The van der Waals surface area contributed by atoms with Crippen LogP contribution in [-0.2, 0) is 9.84 Å². The average molecular weight is 278 g/mol. The number of halogens is 1. The van der Waals surface area contributed by atoms with Gasteiger partial charge in [-0.1, -0.05) is 11.6 Å². The van der Waals surface area contributed by atoms with E-state index in [9.17, 15) is 13.2 Å². The molecule has 17 heavy (non-hydrogen) atoms. The summed E-state index contributed by atoms with van der Waals surface area (Å²) in [6, 6.07) is 0. The van der Waals surface area contributed by atoms with Gasteiger partial charge in [0.2, 0.25) is 0 Å². The van der Waals surface area contributed by atoms with E-state index in [0.29, 0.717) is 0 Å². The molecule has 0 aliphatic rings. The van der Waals surface area contributed by atoms with Crippen LogP contribution >= 0.6 is 11.6 Å². The third-order valence-electron chi connectivity index (χ3n) is 1.97. The fourth-order valence-corrected chi connectivity index (χ4v) is 1.80. The quantitative estimate of drug-likeness (QED) is 0.788. The number of rotatable bonds is 4. The van der Waals surface area contributed by atoms with Gasteiger partial charge in [-0.3, -0.25) is 9.78 Å². The van der Waals surface area contributed by atoms with E-state index in [1.54, 1.807) is 0 Å². The van der Waals surface area contributed by atoms with E-state index >= 15 is 0 Å². The number of carbonyl (C=O) groups excluding carboxylic acids is 1. The fraction of sp³-hybridized carbons (Fsp3) is 0.444. The van der Waals surface area contributed by atoms with Gasteiger partial charge in [0.05, 0.1) is 18.1 Å². The molecule has 0 aliphatic heterocycles. The van der Waals surface area contributed by atoms with Crippen molar-refractivity contribution < 1.29 is 13.2 Å². The van der Waals surface area contributed by atoms with Crippen LogP contribution in [0.15, 0.2) is 12.4 Å². The summed E-state index contributed by atoms with van der Waals surface area (Å²) < 4.78 is 21.9. The lowest BCUT2D eigenvalue weighted by Gasteiger charge is -2.15. The van der Waals surface area contributed by atoms with Crippen molar-refractivity contribution in [3.63, 3.8) is 0 Å². The van der Waals surface area contributed by atoms with Crippen LogP contribution in [-0.4, -0.2) is 54.8 Å². The van der Waals surface area contributed by atoms with Gasteiger partial charge in [-0.15, -0.1) is 0 Å². The van der Waals surface area contributed by atoms with Crippen LogP contribution in [0.25, 0.3) is 0 Å². The van der Waals surface area contributed by atoms with Gasteiger partial charge in [-0.25, -0.2) is 13.4 Å². The maximum atomic E-state index is 11.8. The molecule has 0 fully saturated rings. The SMILES string of the molecule is CN(CCS(C)(=O)=O)C(=O)c1cncc(Cl)n1. The fourth-order valence-electron chi connectivity index (χ4n) is 1.05. The third kappa shape index (κ3) is 4.66. The van der Waals surface area contributed by atoms with E-state index in [1.807, 2.05) is 0 Å². The van der Waals surface area contributed by atoms with Gasteiger partial charge in [0.25, 0.3) is 5.91 Å². The monoisotopic (exact) mass is 277 g/mol. The van der Waals surface area contributed by atoms with Crippen LogP contribution < -0.4 is 0 Å². The van der Waals surface area contributed by atoms with Crippen LogP contribution in [0.5, 0.6) is 0 Å². The first kappa shape index (κ1) is 13.9. The molecule has 0 spiro atoms. The first-order chi connectivity index (χ1) is 7.79. The van der Waals surface area contributed by atoms with Crippen molar-refractivity contribution in [2.75, 3.05) is 25.6 Å². The van der Waals surface area contributed by atoms with Crippen molar-refractivity contribution in [3.05, 3.63) is 23.2 Å². The molecule has 1 rings (SSSR count). The Labute approximate surface area is 105 Å². The number of sulfone groups is 1. The summed E-state index contributed by atoms with van der Waals surface area (Å²) in [4.78, 5) is 20.6. The molecule has 0 saturated heterocycles. The van der Waals surface area contributed by atoms with Crippen molar-refractivity contribution in [1.29, 1.82) is 0 Å². The standard InChI is InChI=1S/C9H12ClN3O3S/c1-13(3-4-17(2,15)16)9(14)7-5-11-6-8(10)12-7/h5-6H,3-4H2,1-2H3. The molecule has 94 valence electrons.